The van der Waals surface area contributed by atoms with E-state index in [0.29, 0.717) is 42.4 Å². The van der Waals surface area contributed by atoms with Crippen LogP contribution in [0.2, 0.25) is 0 Å². The van der Waals surface area contributed by atoms with E-state index >= 15 is 0 Å². The summed E-state index contributed by atoms with van der Waals surface area (Å²) in [6.45, 7) is 6.47. The van der Waals surface area contributed by atoms with Crippen LogP contribution in [0.5, 0.6) is 23.0 Å². The molecule has 7 heteroatoms. The number of hydrogen-bond acceptors (Lipinski definition) is 7. The van der Waals surface area contributed by atoms with Crippen molar-refractivity contribution < 1.29 is 23.7 Å². The Bertz CT molecular complexity index is 1400. The highest BCUT2D eigenvalue weighted by Crippen LogP contribution is 2.46. The van der Waals surface area contributed by atoms with Gasteiger partial charge in [0.05, 0.1) is 44.3 Å². The molecule has 3 aromatic rings. The van der Waals surface area contributed by atoms with Gasteiger partial charge in [-0.1, -0.05) is 24.3 Å². The summed E-state index contributed by atoms with van der Waals surface area (Å²) in [6, 6.07) is 19.6. The molecule has 0 saturated heterocycles. The molecule has 39 heavy (non-hydrogen) atoms. The lowest BCUT2D eigenvalue weighted by Crippen LogP contribution is -2.27. The van der Waals surface area contributed by atoms with Crippen molar-refractivity contribution in [3.63, 3.8) is 0 Å². The second-order valence-corrected chi connectivity index (χ2v) is 10.1. The Morgan fingerprint density at radius 1 is 0.846 bits per heavy atom. The second-order valence-electron chi connectivity index (χ2n) is 10.1. The fraction of sp³-hybridized carbons (Fsp3) is 0.344. The number of para-hydroxylation sites is 2. The van der Waals surface area contributed by atoms with E-state index in [2.05, 4.69) is 10.6 Å². The lowest BCUT2D eigenvalue weighted by molar-refractivity contribution is -0.116. The molecule has 1 heterocycles. The zero-order chi connectivity index (χ0) is 27.5. The first-order chi connectivity index (χ1) is 18.9. The fourth-order valence-corrected chi connectivity index (χ4v) is 5.41. The predicted octanol–water partition coefficient (Wildman–Crippen LogP) is 6.87. The van der Waals surface area contributed by atoms with E-state index in [1.165, 1.54) is 0 Å². The van der Waals surface area contributed by atoms with Crippen LogP contribution in [0, 0.1) is 0 Å². The van der Waals surface area contributed by atoms with Crippen LogP contribution in [0.1, 0.15) is 56.7 Å². The number of nitrogens with one attached hydrogen (secondary N) is 2. The number of allylic oxidation sites excluding steroid dienone is 1. The molecular formula is C32H36N2O5. The molecule has 0 aromatic heterocycles. The smallest absolute Gasteiger partial charge is 0.163 e. The zero-order valence-electron chi connectivity index (χ0n) is 23.2. The Kier molecular flexibility index (Phi) is 7.68. The topological polar surface area (TPSA) is 78.1 Å². The van der Waals surface area contributed by atoms with Crippen LogP contribution in [-0.2, 0) is 4.79 Å². The highest BCUT2D eigenvalue weighted by Gasteiger charge is 2.36. The maximum Gasteiger partial charge on any atom is 0.163 e. The minimum atomic E-state index is -0.346. The van der Waals surface area contributed by atoms with Crippen LogP contribution < -0.4 is 29.6 Å². The van der Waals surface area contributed by atoms with Gasteiger partial charge in [-0.2, -0.15) is 0 Å². The number of fused-ring (bicyclic) bond motifs is 1. The monoisotopic (exact) mass is 528 g/mol. The van der Waals surface area contributed by atoms with Gasteiger partial charge in [-0.25, -0.2) is 0 Å². The van der Waals surface area contributed by atoms with Crippen molar-refractivity contribution >= 4 is 17.2 Å². The van der Waals surface area contributed by atoms with Gasteiger partial charge in [0.15, 0.2) is 28.8 Å². The van der Waals surface area contributed by atoms with E-state index in [-0.39, 0.29) is 23.8 Å². The number of hydrogen-bond donors (Lipinski definition) is 2. The molecule has 0 saturated carbocycles. The van der Waals surface area contributed by atoms with Crippen LogP contribution in [0.4, 0.5) is 11.4 Å². The second kappa shape index (κ2) is 11.3. The van der Waals surface area contributed by atoms with E-state index in [1.807, 2.05) is 81.4 Å². The van der Waals surface area contributed by atoms with Crippen molar-refractivity contribution in [2.24, 2.45) is 0 Å². The number of methoxy groups -OCH3 is 2. The number of ketones is 1. The molecule has 0 amide bonds. The molecule has 1 aliphatic heterocycles. The summed E-state index contributed by atoms with van der Waals surface area (Å²) >= 11 is 0. The SMILES string of the molecule is CCOc1ccc(C2CC(=O)C3=C(C2)Nc2ccccc2NC3c2ccc(OC(C)C)c(OC)c2)cc1OC. The maximum absolute atomic E-state index is 13.9. The summed E-state index contributed by atoms with van der Waals surface area (Å²) in [7, 11) is 3.27. The predicted molar refractivity (Wildman–Crippen MR) is 153 cm³/mol. The van der Waals surface area contributed by atoms with Gasteiger partial charge >= 0.3 is 0 Å². The first-order valence-corrected chi connectivity index (χ1v) is 13.5. The van der Waals surface area contributed by atoms with Crippen molar-refractivity contribution in [1.82, 2.24) is 0 Å². The van der Waals surface area contributed by atoms with Gasteiger partial charge in [-0.15, -0.1) is 0 Å². The van der Waals surface area contributed by atoms with Crippen LogP contribution in [0.25, 0.3) is 0 Å². The molecule has 0 spiro atoms. The number of anilines is 2. The van der Waals surface area contributed by atoms with Crippen LogP contribution in [0.3, 0.4) is 0 Å². The Labute approximate surface area is 230 Å². The number of Topliss-reactive ketones (excluding diaryl/α,β-unsaturated/α-hetero) is 1. The third-order valence-electron chi connectivity index (χ3n) is 7.15. The molecule has 5 rings (SSSR count). The number of carbonyl (C=O) groups is 1. The third kappa shape index (κ3) is 5.39. The van der Waals surface area contributed by atoms with Gasteiger partial charge in [0.25, 0.3) is 0 Å². The largest absolute Gasteiger partial charge is 0.493 e. The van der Waals surface area contributed by atoms with Crippen molar-refractivity contribution in [3.05, 3.63) is 83.1 Å². The Morgan fingerprint density at radius 3 is 2.23 bits per heavy atom. The van der Waals surface area contributed by atoms with Gasteiger partial charge < -0.3 is 29.6 Å². The van der Waals surface area contributed by atoms with Gasteiger partial charge in [0, 0.05) is 17.7 Å². The number of benzene rings is 3. The summed E-state index contributed by atoms with van der Waals surface area (Å²) < 4.78 is 22.9. The average Bonchev–Trinajstić information content (AvgIpc) is 3.10. The summed E-state index contributed by atoms with van der Waals surface area (Å²) in [6.07, 6.45) is 1.11. The Morgan fingerprint density at radius 2 is 1.51 bits per heavy atom. The molecule has 1 aliphatic carbocycles. The molecule has 2 aliphatic rings. The van der Waals surface area contributed by atoms with Gasteiger partial charge in [-0.3, -0.25) is 4.79 Å². The lowest BCUT2D eigenvalue weighted by Gasteiger charge is -2.30. The van der Waals surface area contributed by atoms with Crippen molar-refractivity contribution in [1.29, 1.82) is 0 Å². The Balaban J connectivity index is 1.56. The normalized spacial score (nSPS) is 18.4. The number of rotatable bonds is 8. The maximum atomic E-state index is 13.9. The molecule has 2 N–H and O–H groups in total. The first kappa shape index (κ1) is 26.5. The lowest BCUT2D eigenvalue weighted by atomic mass is 9.78. The zero-order valence-corrected chi connectivity index (χ0v) is 23.2. The van der Waals surface area contributed by atoms with Crippen molar-refractivity contribution in [3.8, 4) is 23.0 Å². The quantitative estimate of drug-likeness (QED) is 0.330. The molecule has 7 nitrogen and oxygen atoms in total. The number of carbonyl (C=O) groups excluding carboxylic acids is 1. The van der Waals surface area contributed by atoms with E-state index in [1.54, 1.807) is 14.2 Å². The van der Waals surface area contributed by atoms with Gasteiger partial charge in [-0.05, 0) is 80.6 Å². The molecule has 0 fully saturated rings. The minimum absolute atomic E-state index is 0.00981. The average molecular weight is 529 g/mol. The molecule has 0 radical (unpaired) electrons. The third-order valence-corrected chi connectivity index (χ3v) is 7.15. The van der Waals surface area contributed by atoms with Gasteiger partial charge in [0.1, 0.15) is 0 Å². The summed E-state index contributed by atoms with van der Waals surface area (Å²) in [5.41, 5.74) is 5.54. The van der Waals surface area contributed by atoms with E-state index in [0.717, 1.165) is 33.8 Å². The molecule has 204 valence electrons. The van der Waals surface area contributed by atoms with E-state index in [9.17, 15) is 4.79 Å². The fourth-order valence-electron chi connectivity index (χ4n) is 5.41. The molecular weight excluding hydrogens is 492 g/mol. The van der Waals surface area contributed by atoms with Crippen molar-refractivity contribution in [2.45, 2.75) is 51.7 Å². The standard InChI is InChI=1S/C32H36N2O5/c1-6-38-27-13-11-20(17-29(27)36-4)22-15-25-31(26(35)16-22)32(34-24-10-8-7-9-23(24)33-25)21-12-14-28(39-19(2)3)30(18-21)37-5/h7-14,17-19,22,32-34H,6,15-16H2,1-5H3. The summed E-state index contributed by atoms with van der Waals surface area (Å²) in [5, 5.41) is 7.24. The highest BCUT2D eigenvalue weighted by atomic mass is 16.5. The van der Waals surface area contributed by atoms with Crippen LogP contribution in [-0.4, -0.2) is 32.7 Å². The number of ether oxygens (including phenoxy) is 4. The molecule has 2 unspecified atom stereocenters. The Hall–Kier alpha value is -4.13. The molecule has 2 atom stereocenters. The summed E-state index contributed by atoms with van der Waals surface area (Å²) in [5.74, 6) is 2.81. The van der Waals surface area contributed by atoms with Crippen molar-refractivity contribution in [2.75, 3.05) is 31.5 Å². The van der Waals surface area contributed by atoms with Crippen LogP contribution >= 0.6 is 0 Å². The van der Waals surface area contributed by atoms with Gasteiger partial charge in [0.2, 0.25) is 0 Å². The van der Waals surface area contributed by atoms with E-state index < -0.39 is 0 Å². The summed E-state index contributed by atoms with van der Waals surface area (Å²) in [4.78, 5) is 13.9. The minimum Gasteiger partial charge on any atom is -0.493 e. The first-order valence-electron chi connectivity index (χ1n) is 13.5. The molecule has 0 bridgehead atoms. The van der Waals surface area contributed by atoms with Crippen LogP contribution in [0.15, 0.2) is 71.9 Å². The molecule has 3 aromatic carbocycles. The van der Waals surface area contributed by atoms with E-state index in [4.69, 9.17) is 18.9 Å². The highest BCUT2D eigenvalue weighted by molar-refractivity contribution is 6.01.